The molecule has 7 heteroatoms. The third-order valence-electron chi connectivity index (χ3n) is 6.57. The fourth-order valence-electron chi connectivity index (χ4n) is 4.40. The molecule has 1 fully saturated rings. The second-order valence-electron chi connectivity index (χ2n) is 8.50. The van der Waals surface area contributed by atoms with Gasteiger partial charge < -0.3 is 10.2 Å². The van der Waals surface area contributed by atoms with Crippen molar-refractivity contribution < 1.29 is 14.0 Å². The number of halogens is 2. The number of hydrogen-bond donors (Lipinski definition) is 1. The number of nitrogens with zero attached hydrogens (tertiary/aromatic N) is 1. The Morgan fingerprint density at radius 1 is 1.26 bits per heavy atom. The van der Waals surface area contributed by atoms with Crippen LogP contribution in [-0.4, -0.2) is 23.6 Å². The summed E-state index contributed by atoms with van der Waals surface area (Å²) in [4.78, 5) is 28.1. The van der Waals surface area contributed by atoms with Crippen LogP contribution in [0.25, 0.3) is 0 Å². The minimum Gasteiger partial charge on any atom is -0.349 e. The molecule has 3 atom stereocenters. The number of anilines is 1. The molecule has 2 amide bonds. The van der Waals surface area contributed by atoms with E-state index >= 15 is 0 Å². The van der Waals surface area contributed by atoms with Gasteiger partial charge in [-0.2, -0.15) is 0 Å². The number of rotatable bonds is 4. The molecule has 2 aliphatic rings. The predicted octanol–water partition coefficient (Wildman–Crippen LogP) is 5.67. The second kappa shape index (κ2) is 9.21. The monoisotopic (exact) mass is 460 g/mol. The van der Waals surface area contributed by atoms with E-state index in [1.54, 1.807) is 24.3 Å². The molecule has 2 aromatic carbocycles. The van der Waals surface area contributed by atoms with Crippen molar-refractivity contribution in [3.05, 3.63) is 58.4 Å². The van der Waals surface area contributed by atoms with Gasteiger partial charge in [0, 0.05) is 27.1 Å². The van der Waals surface area contributed by atoms with Crippen LogP contribution < -0.4 is 10.2 Å². The molecule has 1 saturated carbocycles. The van der Waals surface area contributed by atoms with E-state index in [4.69, 9.17) is 11.6 Å². The van der Waals surface area contributed by atoms with Crippen molar-refractivity contribution in [3.63, 3.8) is 0 Å². The molecule has 0 spiro atoms. The number of hydrogen-bond acceptors (Lipinski definition) is 3. The lowest BCUT2D eigenvalue weighted by atomic mass is 9.78. The first kappa shape index (κ1) is 22.2. The zero-order valence-corrected chi connectivity index (χ0v) is 19.2. The van der Waals surface area contributed by atoms with Crippen molar-refractivity contribution in [3.8, 4) is 0 Å². The molecule has 0 unspecified atom stereocenters. The Morgan fingerprint density at radius 2 is 2.06 bits per heavy atom. The number of amides is 2. The maximum Gasteiger partial charge on any atom is 0.251 e. The van der Waals surface area contributed by atoms with Crippen LogP contribution in [0.5, 0.6) is 0 Å². The van der Waals surface area contributed by atoms with Crippen molar-refractivity contribution in [1.82, 2.24) is 5.32 Å². The molecule has 4 rings (SSSR count). The highest BCUT2D eigenvalue weighted by molar-refractivity contribution is 8.00. The lowest BCUT2D eigenvalue weighted by Crippen LogP contribution is -2.43. The van der Waals surface area contributed by atoms with Gasteiger partial charge in [-0.1, -0.05) is 44.4 Å². The first-order valence-electron chi connectivity index (χ1n) is 10.7. The maximum atomic E-state index is 14.4. The minimum absolute atomic E-state index is 0.0279. The van der Waals surface area contributed by atoms with E-state index in [1.807, 2.05) is 6.07 Å². The summed E-state index contributed by atoms with van der Waals surface area (Å²) in [6, 6.07) is 10.0. The van der Waals surface area contributed by atoms with Crippen molar-refractivity contribution >= 4 is 40.9 Å². The summed E-state index contributed by atoms with van der Waals surface area (Å²) < 4.78 is 14.4. The van der Waals surface area contributed by atoms with Crippen LogP contribution in [0.4, 0.5) is 10.1 Å². The quantitative estimate of drug-likeness (QED) is 0.639. The SMILES string of the molecule is C[C@H]1[C@@H](NC(=O)c2ccc3c(c2)N(Cc2c(F)cccc2Cl)C(=O)CS3)CCC[C@@H]1C. The zero-order chi connectivity index (χ0) is 22.1. The molecule has 0 radical (unpaired) electrons. The fraction of sp³-hybridized carbons (Fsp3) is 0.417. The Balaban J connectivity index is 1.60. The Hall–Kier alpha value is -2.05. The molecule has 0 saturated heterocycles. The highest BCUT2D eigenvalue weighted by Gasteiger charge is 2.30. The molecule has 0 aromatic heterocycles. The molecule has 2 aromatic rings. The Labute approximate surface area is 191 Å². The van der Waals surface area contributed by atoms with Gasteiger partial charge >= 0.3 is 0 Å². The predicted molar refractivity (Wildman–Crippen MR) is 123 cm³/mol. The molecule has 1 aliphatic heterocycles. The van der Waals surface area contributed by atoms with Crippen molar-refractivity contribution in [2.45, 2.75) is 50.6 Å². The van der Waals surface area contributed by atoms with E-state index in [0.29, 0.717) is 23.1 Å². The first-order valence-corrected chi connectivity index (χ1v) is 12.0. The Kier molecular flexibility index (Phi) is 6.58. The largest absolute Gasteiger partial charge is 0.349 e. The Bertz CT molecular complexity index is 995. The van der Waals surface area contributed by atoms with Gasteiger partial charge in [-0.3, -0.25) is 9.59 Å². The third-order valence-corrected chi connectivity index (χ3v) is 7.97. The van der Waals surface area contributed by atoms with Crippen LogP contribution in [0.2, 0.25) is 5.02 Å². The number of thioether (sulfide) groups is 1. The van der Waals surface area contributed by atoms with E-state index in [0.717, 1.165) is 17.7 Å². The van der Waals surface area contributed by atoms with Gasteiger partial charge in [-0.25, -0.2) is 4.39 Å². The minimum atomic E-state index is -0.450. The van der Waals surface area contributed by atoms with Gasteiger partial charge in [0.25, 0.3) is 5.91 Å². The summed E-state index contributed by atoms with van der Waals surface area (Å²) in [5.74, 6) is 0.547. The number of benzene rings is 2. The van der Waals surface area contributed by atoms with E-state index < -0.39 is 5.82 Å². The van der Waals surface area contributed by atoms with Crippen LogP contribution in [-0.2, 0) is 11.3 Å². The average Bonchev–Trinajstić information content (AvgIpc) is 2.75. The van der Waals surface area contributed by atoms with E-state index in [-0.39, 0.29) is 40.7 Å². The molecule has 1 heterocycles. The van der Waals surface area contributed by atoms with Crippen molar-refractivity contribution in [2.75, 3.05) is 10.7 Å². The number of carbonyl (C=O) groups is 2. The molecule has 31 heavy (non-hydrogen) atoms. The van der Waals surface area contributed by atoms with Crippen LogP contribution in [0.3, 0.4) is 0 Å². The highest BCUT2D eigenvalue weighted by atomic mass is 35.5. The molecular formula is C24H26ClFN2O2S. The highest BCUT2D eigenvalue weighted by Crippen LogP contribution is 2.38. The molecule has 164 valence electrons. The summed E-state index contributed by atoms with van der Waals surface area (Å²) in [5.41, 5.74) is 1.40. The molecule has 0 bridgehead atoms. The third kappa shape index (κ3) is 4.60. The topological polar surface area (TPSA) is 49.4 Å². The van der Waals surface area contributed by atoms with Crippen LogP contribution in [0, 0.1) is 17.7 Å². The summed E-state index contributed by atoms with van der Waals surface area (Å²) >= 11 is 7.62. The smallest absolute Gasteiger partial charge is 0.251 e. The molecule has 1 aliphatic carbocycles. The van der Waals surface area contributed by atoms with Gasteiger partial charge in [-0.15, -0.1) is 11.8 Å². The van der Waals surface area contributed by atoms with E-state index in [9.17, 15) is 14.0 Å². The Morgan fingerprint density at radius 3 is 2.84 bits per heavy atom. The van der Waals surface area contributed by atoms with Crippen molar-refractivity contribution in [1.29, 1.82) is 0 Å². The first-order chi connectivity index (χ1) is 14.8. The van der Waals surface area contributed by atoms with Gasteiger partial charge in [-0.05, 0) is 48.6 Å². The summed E-state index contributed by atoms with van der Waals surface area (Å²) in [5, 5.41) is 3.47. The lowest BCUT2D eigenvalue weighted by molar-refractivity contribution is -0.116. The normalized spacial score (nSPS) is 23.4. The standard InChI is InChI=1S/C24H26ClFN2O2S/c1-14-5-3-8-20(15(14)2)27-24(30)16-9-10-22-21(11-16)28(23(29)13-31-22)12-17-18(25)6-4-7-19(17)26/h4,6-7,9-11,14-15,20H,3,5,8,12-13H2,1-2H3,(H,27,30)/t14-,15+,20-/m0/s1. The zero-order valence-electron chi connectivity index (χ0n) is 17.7. The maximum absolute atomic E-state index is 14.4. The van der Waals surface area contributed by atoms with Crippen LogP contribution in [0.15, 0.2) is 41.3 Å². The summed E-state index contributed by atoms with van der Waals surface area (Å²) in [6.45, 7) is 4.45. The lowest BCUT2D eigenvalue weighted by Gasteiger charge is -2.34. The van der Waals surface area contributed by atoms with Gasteiger partial charge in [0.2, 0.25) is 5.91 Å². The second-order valence-corrected chi connectivity index (χ2v) is 9.92. The van der Waals surface area contributed by atoms with Gasteiger partial charge in [0.1, 0.15) is 5.82 Å². The average molecular weight is 461 g/mol. The van der Waals surface area contributed by atoms with Crippen LogP contribution >= 0.6 is 23.4 Å². The molecule has 1 N–H and O–H groups in total. The molecular weight excluding hydrogens is 435 g/mol. The number of carbonyl (C=O) groups excluding carboxylic acids is 2. The van der Waals surface area contributed by atoms with Gasteiger partial charge in [0.05, 0.1) is 18.0 Å². The fourth-order valence-corrected chi connectivity index (χ4v) is 5.53. The van der Waals surface area contributed by atoms with E-state index in [1.165, 1.54) is 29.1 Å². The summed E-state index contributed by atoms with van der Waals surface area (Å²) in [6.07, 6.45) is 3.29. The van der Waals surface area contributed by atoms with E-state index in [2.05, 4.69) is 19.2 Å². The molecule has 4 nitrogen and oxygen atoms in total. The van der Waals surface area contributed by atoms with Crippen LogP contribution in [0.1, 0.15) is 49.0 Å². The number of fused-ring (bicyclic) bond motifs is 1. The summed E-state index contributed by atoms with van der Waals surface area (Å²) in [7, 11) is 0. The number of nitrogens with one attached hydrogen (secondary N) is 1. The van der Waals surface area contributed by atoms with Crippen molar-refractivity contribution in [2.24, 2.45) is 11.8 Å². The van der Waals surface area contributed by atoms with Gasteiger partial charge in [0.15, 0.2) is 0 Å².